The summed E-state index contributed by atoms with van der Waals surface area (Å²) in [6.07, 6.45) is 5.51. The van der Waals surface area contributed by atoms with Gasteiger partial charge in [0.25, 0.3) is 0 Å². The summed E-state index contributed by atoms with van der Waals surface area (Å²) in [6, 6.07) is 3.03. The van der Waals surface area contributed by atoms with Crippen LogP contribution in [0.1, 0.15) is 37.5 Å². The first-order valence-corrected chi connectivity index (χ1v) is 8.64. The average Bonchev–Trinajstić information content (AvgIpc) is 2.81. The third kappa shape index (κ3) is 4.34. The molecule has 1 aromatic rings. The van der Waals surface area contributed by atoms with Gasteiger partial charge >= 0.3 is 0 Å². The van der Waals surface area contributed by atoms with Gasteiger partial charge in [0, 0.05) is 40.4 Å². The van der Waals surface area contributed by atoms with Gasteiger partial charge in [-0.3, -0.25) is 4.90 Å². The molecule has 1 fully saturated rings. The maximum atomic E-state index is 3.55. The molecule has 2 rings (SSSR count). The van der Waals surface area contributed by atoms with Crippen LogP contribution in [0.4, 0.5) is 0 Å². The zero-order valence-corrected chi connectivity index (χ0v) is 13.5. The van der Waals surface area contributed by atoms with Crippen LogP contribution in [0.3, 0.4) is 0 Å². The Kier molecular flexibility index (Phi) is 6.15. The van der Waals surface area contributed by atoms with E-state index in [-0.39, 0.29) is 0 Å². The van der Waals surface area contributed by atoms with Gasteiger partial charge < -0.3 is 5.32 Å². The van der Waals surface area contributed by atoms with Gasteiger partial charge in [0.05, 0.1) is 0 Å². The molecule has 2 nitrogen and oxygen atoms in total. The van der Waals surface area contributed by atoms with Gasteiger partial charge in [-0.05, 0) is 47.8 Å². The first-order chi connectivity index (χ1) is 8.79. The molecule has 18 heavy (non-hydrogen) atoms. The lowest BCUT2D eigenvalue weighted by atomic mass is 10.0. The highest BCUT2D eigenvalue weighted by atomic mass is 79.9. The maximum absolute atomic E-state index is 3.55. The lowest BCUT2D eigenvalue weighted by Gasteiger charge is -2.35. The molecule has 1 unspecified atom stereocenters. The summed E-state index contributed by atoms with van der Waals surface area (Å²) >= 11 is 5.31. The van der Waals surface area contributed by atoms with Crippen molar-refractivity contribution in [1.82, 2.24) is 10.2 Å². The highest BCUT2D eigenvalue weighted by Crippen LogP contribution is 2.20. The molecule has 0 aliphatic carbocycles. The van der Waals surface area contributed by atoms with E-state index in [1.807, 2.05) is 11.3 Å². The smallest absolute Gasteiger partial charge is 0.0300 e. The molecule has 0 spiro atoms. The number of nitrogens with one attached hydrogen (secondary N) is 1. The zero-order chi connectivity index (χ0) is 12.8. The second-order valence-electron chi connectivity index (χ2n) is 5.00. The van der Waals surface area contributed by atoms with E-state index in [0.29, 0.717) is 0 Å². The van der Waals surface area contributed by atoms with Crippen LogP contribution in [0, 0.1) is 0 Å². The fraction of sp³-hybridized carbons (Fsp3) is 0.714. The number of piperidine rings is 1. The van der Waals surface area contributed by atoms with Gasteiger partial charge in [-0.15, -0.1) is 11.3 Å². The second-order valence-corrected chi connectivity index (χ2v) is 6.91. The predicted molar refractivity (Wildman–Crippen MR) is 83.2 cm³/mol. The monoisotopic (exact) mass is 330 g/mol. The van der Waals surface area contributed by atoms with Crippen molar-refractivity contribution in [2.75, 3.05) is 19.6 Å². The Morgan fingerprint density at radius 1 is 1.50 bits per heavy atom. The van der Waals surface area contributed by atoms with Crippen LogP contribution < -0.4 is 5.32 Å². The van der Waals surface area contributed by atoms with E-state index < -0.39 is 0 Å². The van der Waals surface area contributed by atoms with Gasteiger partial charge in [-0.25, -0.2) is 0 Å². The predicted octanol–water partition coefficient (Wildman–Crippen LogP) is 3.86. The summed E-state index contributed by atoms with van der Waals surface area (Å²) in [7, 11) is 0. The number of halogens is 1. The van der Waals surface area contributed by atoms with E-state index >= 15 is 0 Å². The molecule has 0 amide bonds. The maximum Gasteiger partial charge on any atom is 0.0300 e. The number of rotatable bonds is 6. The van der Waals surface area contributed by atoms with Crippen molar-refractivity contribution in [2.45, 2.75) is 45.2 Å². The van der Waals surface area contributed by atoms with Crippen molar-refractivity contribution >= 4 is 27.3 Å². The second kappa shape index (κ2) is 7.63. The number of hydrogen-bond acceptors (Lipinski definition) is 3. The Morgan fingerprint density at radius 2 is 2.39 bits per heavy atom. The van der Waals surface area contributed by atoms with E-state index in [4.69, 9.17) is 0 Å². The molecule has 1 atom stereocenters. The Balaban J connectivity index is 1.65. The van der Waals surface area contributed by atoms with Crippen LogP contribution in [0.15, 0.2) is 15.9 Å². The summed E-state index contributed by atoms with van der Waals surface area (Å²) in [5.74, 6) is 0. The van der Waals surface area contributed by atoms with Gasteiger partial charge in [0.15, 0.2) is 0 Å². The third-order valence-corrected chi connectivity index (χ3v) is 5.41. The first-order valence-electron chi connectivity index (χ1n) is 6.97. The van der Waals surface area contributed by atoms with Crippen LogP contribution in [0.2, 0.25) is 0 Å². The summed E-state index contributed by atoms with van der Waals surface area (Å²) in [4.78, 5) is 4.08. The Labute approximate surface area is 123 Å². The zero-order valence-electron chi connectivity index (χ0n) is 11.1. The molecule has 0 bridgehead atoms. The minimum atomic E-state index is 0.830. The molecule has 1 N–H and O–H groups in total. The summed E-state index contributed by atoms with van der Waals surface area (Å²) in [6.45, 7) is 6.92. The van der Waals surface area contributed by atoms with Crippen molar-refractivity contribution < 1.29 is 0 Å². The SMILES string of the molecule is CCC1CCCCN1CCNCc1cc(Br)cs1. The summed E-state index contributed by atoms with van der Waals surface area (Å²) in [5, 5.41) is 5.70. The van der Waals surface area contributed by atoms with E-state index in [0.717, 1.165) is 19.1 Å². The molecule has 0 aromatic carbocycles. The molecule has 0 saturated carbocycles. The normalized spacial score (nSPS) is 21.3. The minimum absolute atomic E-state index is 0.830. The van der Waals surface area contributed by atoms with Gasteiger partial charge in [0.1, 0.15) is 0 Å². The van der Waals surface area contributed by atoms with E-state index in [2.05, 4.69) is 44.5 Å². The minimum Gasteiger partial charge on any atom is -0.311 e. The quantitative estimate of drug-likeness (QED) is 0.796. The van der Waals surface area contributed by atoms with E-state index in [1.54, 1.807) is 0 Å². The molecule has 102 valence electrons. The molecule has 4 heteroatoms. The van der Waals surface area contributed by atoms with Crippen molar-refractivity contribution in [1.29, 1.82) is 0 Å². The van der Waals surface area contributed by atoms with Crippen LogP contribution in [-0.4, -0.2) is 30.6 Å². The van der Waals surface area contributed by atoms with Crippen molar-refractivity contribution in [3.63, 3.8) is 0 Å². The summed E-state index contributed by atoms with van der Waals surface area (Å²) in [5.41, 5.74) is 0. The Bertz CT molecular complexity index is 353. The van der Waals surface area contributed by atoms with Gasteiger partial charge in [-0.2, -0.15) is 0 Å². The number of nitrogens with zero attached hydrogens (tertiary/aromatic N) is 1. The van der Waals surface area contributed by atoms with Crippen molar-refractivity contribution in [3.05, 3.63) is 20.8 Å². The molecular weight excluding hydrogens is 308 g/mol. The third-order valence-electron chi connectivity index (χ3n) is 3.72. The number of thiophene rings is 1. The van der Waals surface area contributed by atoms with Gasteiger partial charge in [0.2, 0.25) is 0 Å². The van der Waals surface area contributed by atoms with Crippen LogP contribution in [0.25, 0.3) is 0 Å². The lowest BCUT2D eigenvalue weighted by Crippen LogP contribution is -2.42. The fourth-order valence-corrected chi connectivity index (χ4v) is 4.12. The van der Waals surface area contributed by atoms with E-state index in [9.17, 15) is 0 Å². The molecule has 1 aromatic heterocycles. The molecule has 1 aliphatic rings. The average molecular weight is 331 g/mol. The van der Waals surface area contributed by atoms with Crippen LogP contribution in [0.5, 0.6) is 0 Å². The molecule has 0 radical (unpaired) electrons. The summed E-state index contributed by atoms with van der Waals surface area (Å²) < 4.78 is 1.20. The van der Waals surface area contributed by atoms with Crippen molar-refractivity contribution in [2.24, 2.45) is 0 Å². The molecule has 2 heterocycles. The first kappa shape index (κ1) is 14.5. The van der Waals surface area contributed by atoms with Crippen LogP contribution >= 0.6 is 27.3 Å². The lowest BCUT2D eigenvalue weighted by molar-refractivity contribution is 0.145. The number of likely N-dealkylation sites (tertiary alicyclic amines) is 1. The van der Waals surface area contributed by atoms with E-state index in [1.165, 1.54) is 48.1 Å². The molecule has 1 aliphatic heterocycles. The topological polar surface area (TPSA) is 15.3 Å². The number of hydrogen-bond donors (Lipinski definition) is 1. The van der Waals surface area contributed by atoms with Crippen molar-refractivity contribution in [3.8, 4) is 0 Å². The molecule has 1 saturated heterocycles. The highest BCUT2D eigenvalue weighted by molar-refractivity contribution is 9.10. The fourth-order valence-electron chi connectivity index (χ4n) is 2.70. The largest absolute Gasteiger partial charge is 0.311 e. The van der Waals surface area contributed by atoms with Crippen LogP contribution in [-0.2, 0) is 6.54 Å². The standard InChI is InChI=1S/C14H23BrN2S/c1-2-13-5-3-4-7-17(13)8-6-16-10-14-9-12(15)11-18-14/h9,11,13,16H,2-8,10H2,1H3. The highest BCUT2D eigenvalue weighted by Gasteiger charge is 2.19. The Morgan fingerprint density at radius 3 is 3.11 bits per heavy atom. The molecular formula is C14H23BrN2S. The van der Waals surface area contributed by atoms with Gasteiger partial charge in [-0.1, -0.05) is 13.3 Å². The Hall–Kier alpha value is 0.1000.